The number of rotatable bonds is 5. The number of ketones is 1. The van der Waals surface area contributed by atoms with Gasteiger partial charge in [0.2, 0.25) is 0 Å². The second kappa shape index (κ2) is 7.28. The van der Waals surface area contributed by atoms with Gasteiger partial charge in [-0.15, -0.1) is 0 Å². The molecule has 0 aliphatic carbocycles. The van der Waals surface area contributed by atoms with Crippen molar-refractivity contribution in [1.82, 2.24) is 0 Å². The van der Waals surface area contributed by atoms with Crippen LogP contribution in [0.3, 0.4) is 0 Å². The van der Waals surface area contributed by atoms with Gasteiger partial charge in [0.1, 0.15) is 0 Å². The molecule has 0 heterocycles. The van der Waals surface area contributed by atoms with Gasteiger partial charge in [-0.3, -0.25) is 9.59 Å². The Hall–Kier alpha value is -1.38. The van der Waals surface area contributed by atoms with Crippen LogP contribution in [0, 0.1) is 0 Å². The van der Waals surface area contributed by atoms with Crippen LogP contribution in [0.1, 0.15) is 20.3 Å². The van der Waals surface area contributed by atoms with Crippen molar-refractivity contribution in [2.24, 2.45) is 0 Å². The van der Waals surface area contributed by atoms with Crippen LogP contribution < -0.4 is 0 Å². The molecule has 0 amide bonds. The third-order valence-electron chi connectivity index (χ3n) is 1.17. The SMILES string of the molecule is CCOC(=O)C/C=C/C=C/C(C)=O. The third kappa shape index (κ3) is 8.53. The van der Waals surface area contributed by atoms with Crippen LogP contribution in [0.5, 0.6) is 0 Å². The quantitative estimate of drug-likeness (QED) is 0.369. The monoisotopic (exact) mass is 182 g/mol. The van der Waals surface area contributed by atoms with Gasteiger partial charge in [-0.05, 0) is 19.9 Å². The minimum atomic E-state index is -0.255. The Morgan fingerprint density at radius 3 is 2.54 bits per heavy atom. The molecule has 0 bridgehead atoms. The van der Waals surface area contributed by atoms with E-state index in [4.69, 9.17) is 0 Å². The maximum absolute atomic E-state index is 10.8. The molecule has 0 aromatic heterocycles. The molecule has 0 radical (unpaired) electrons. The molecule has 3 nitrogen and oxygen atoms in total. The average molecular weight is 182 g/mol. The molecule has 0 atom stereocenters. The first-order valence-corrected chi connectivity index (χ1v) is 4.16. The van der Waals surface area contributed by atoms with Crippen molar-refractivity contribution >= 4 is 11.8 Å². The molecule has 72 valence electrons. The van der Waals surface area contributed by atoms with Gasteiger partial charge in [-0.1, -0.05) is 18.2 Å². The van der Waals surface area contributed by atoms with Crippen LogP contribution in [0.15, 0.2) is 24.3 Å². The van der Waals surface area contributed by atoms with Crippen LogP contribution in [-0.2, 0) is 14.3 Å². The fourth-order valence-electron chi connectivity index (χ4n) is 0.654. The molecular weight excluding hydrogens is 168 g/mol. The van der Waals surface area contributed by atoms with Gasteiger partial charge in [0, 0.05) is 0 Å². The normalized spacial score (nSPS) is 10.9. The van der Waals surface area contributed by atoms with Crippen molar-refractivity contribution in [3.63, 3.8) is 0 Å². The number of ether oxygens (including phenoxy) is 1. The lowest BCUT2D eigenvalue weighted by Crippen LogP contribution is -2.01. The molecule has 3 heteroatoms. The Bertz CT molecular complexity index is 226. The lowest BCUT2D eigenvalue weighted by Gasteiger charge is -1.95. The van der Waals surface area contributed by atoms with E-state index in [0.29, 0.717) is 6.61 Å². The second-order valence-corrected chi connectivity index (χ2v) is 2.41. The Kier molecular flexibility index (Phi) is 6.51. The Balaban J connectivity index is 3.63. The van der Waals surface area contributed by atoms with Gasteiger partial charge in [-0.25, -0.2) is 0 Å². The van der Waals surface area contributed by atoms with E-state index in [1.807, 2.05) is 0 Å². The van der Waals surface area contributed by atoms with Crippen LogP contribution in [-0.4, -0.2) is 18.4 Å². The second-order valence-electron chi connectivity index (χ2n) is 2.41. The summed E-state index contributed by atoms with van der Waals surface area (Å²) in [5, 5.41) is 0. The maximum Gasteiger partial charge on any atom is 0.309 e. The predicted octanol–water partition coefficient (Wildman–Crippen LogP) is 1.64. The number of allylic oxidation sites excluding steroid dienone is 3. The largest absolute Gasteiger partial charge is 0.466 e. The predicted molar refractivity (Wildman–Crippen MR) is 50.2 cm³/mol. The fourth-order valence-corrected chi connectivity index (χ4v) is 0.654. The van der Waals surface area contributed by atoms with Crippen molar-refractivity contribution < 1.29 is 14.3 Å². The van der Waals surface area contributed by atoms with E-state index in [9.17, 15) is 9.59 Å². The molecule has 0 aromatic rings. The number of carbonyl (C=O) groups is 2. The summed E-state index contributed by atoms with van der Waals surface area (Å²) < 4.78 is 4.69. The van der Waals surface area contributed by atoms with E-state index in [1.165, 1.54) is 13.0 Å². The zero-order valence-corrected chi connectivity index (χ0v) is 7.95. The first-order chi connectivity index (χ1) is 6.16. The van der Waals surface area contributed by atoms with Gasteiger partial charge < -0.3 is 4.74 Å². The molecule has 0 saturated carbocycles. The third-order valence-corrected chi connectivity index (χ3v) is 1.17. The van der Waals surface area contributed by atoms with E-state index >= 15 is 0 Å². The topological polar surface area (TPSA) is 43.4 Å². The van der Waals surface area contributed by atoms with Crippen molar-refractivity contribution in [3.8, 4) is 0 Å². The molecule has 0 aromatic carbocycles. The van der Waals surface area contributed by atoms with Crippen LogP contribution in [0.25, 0.3) is 0 Å². The molecule has 0 rings (SSSR count). The van der Waals surface area contributed by atoms with Gasteiger partial charge in [0.15, 0.2) is 5.78 Å². The zero-order valence-electron chi connectivity index (χ0n) is 7.95. The highest BCUT2D eigenvalue weighted by atomic mass is 16.5. The first kappa shape index (κ1) is 11.6. The van der Waals surface area contributed by atoms with Gasteiger partial charge >= 0.3 is 5.97 Å². The number of hydrogen-bond donors (Lipinski definition) is 0. The van der Waals surface area contributed by atoms with E-state index in [1.54, 1.807) is 25.2 Å². The number of esters is 1. The van der Waals surface area contributed by atoms with Crippen molar-refractivity contribution in [2.75, 3.05) is 6.61 Å². The summed E-state index contributed by atoms with van der Waals surface area (Å²) >= 11 is 0. The molecule has 0 spiro atoms. The van der Waals surface area contributed by atoms with E-state index in [2.05, 4.69) is 4.74 Å². The highest BCUT2D eigenvalue weighted by Gasteiger charge is 1.94. The van der Waals surface area contributed by atoms with Gasteiger partial charge in [0.05, 0.1) is 13.0 Å². The van der Waals surface area contributed by atoms with E-state index in [0.717, 1.165) is 0 Å². The summed E-state index contributed by atoms with van der Waals surface area (Å²) in [4.78, 5) is 21.2. The zero-order chi connectivity index (χ0) is 10.1. The van der Waals surface area contributed by atoms with Crippen LogP contribution in [0.2, 0.25) is 0 Å². The summed E-state index contributed by atoms with van der Waals surface area (Å²) in [5.41, 5.74) is 0. The molecule has 0 saturated heterocycles. The summed E-state index contributed by atoms with van der Waals surface area (Å²) in [7, 11) is 0. The summed E-state index contributed by atoms with van der Waals surface area (Å²) in [5.74, 6) is -0.268. The number of hydrogen-bond acceptors (Lipinski definition) is 3. The van der Waals surface area contributed by atoms with E-state index < -0.39 is 0 Å². The van der Waals surface area contributed by atoms with Crippen molar-refractivity contribution in [2.45, 2.75) is 20.3 Å². The molecule has 0 fully saturated rings. The smallest absolute Gasteiger partial charge is 0.309 e. The minimum Gasteiger partial charge on any atom is -0.466 e. The van der Waals surface area contributed by atoms with E-state index in [-0.39, 0.29) is 18.2 Å². The van der Waals surface area contributed by atoms with Crippen molar-refractivity contribution in [3.05, 3.63) is 24.3 Å². The molecule has 0 unspecified atom stereocenters. The summed E-state index contributed by atoms with van der Waals surface area (Å²) in [6.07, 6.45) is 6.58. The molecule has 13 heavy (non-hydrogen) atoms. The molecule has 0 aliphatic rings. The number of carbonyl (C=O) groups excluding carboxylic acids is 2. The highest BCUT2D eigenvalue weighted by Crippen LogP contribution is 1.89. The van der Waals surface area contributed by atoms with Gasteiger partial charge in [-0.2, -0.15) is 0 Å². The highest BCUT2D eigenvalue weighted by molar-refractivity contribution is 5.87. The standard InChI is InChI=1S/C10H14O3/c1-3-13-10(12)8-6-4-5-7-9(2)11/h4-7H,3,8H2,1-2H3/b6-4+,7-5+. The molecule has 0 N–H and O–H groups in total. The lowest BCUT2D eigenvalue weighted by molar-refractivity contribution is -0.142. The summed E-state index contributed by atoms with van der Waals surface area (Å²) in [6, 6.07) is 0. The Morgan fingerprint density at radius 1 is 1.31 bits per heavy atom. The maximum atomic E-state index is 10.8. The van der Waals surface area contributed by atoms with Crippen LogP contribution in [0.4, 0.5) is 0 Å². The van der Waals surface area contributed by atoms with Crippen LogP contribution >= 0.6 is 0 Å². The fraction of sp³-hybridized carbons (Fsp3) is 0.400. The Labute approximate surface area is 78.1 Å². The summed E-state index contributed by atoms with van der Waals surface area (Å²) in [6.45, 7) is 3.63. The minimum absolute atomic E-state index is 0.0132. The molecular formula is C10H14O3. The van der Waals surface area contributed by atoms with Crippen molar-refractivity contribution in [1.29, 1.82) is 0 Å². The lowest BCUT2D eigenvalue weighted by atomic mass is 10.3. The Morgan fingerprint density at radius 2 is 2.00 bits per heavy atom. The first-order valence-electron chi connectivity index (χ1n) is 4.16. The molecule has 0 aliphatic heterocycles. The average Bonchev–Trinajstić information content (AvgIpc) is 2.03. The van der Waals surface area contributed by atoms with Gasteiger partial charge in [0.25, 0.3) is 0 Å².